The summed E-state index contributed by atoms with van der Waals surface area (Å²) >= 11 is 0. The second kappa shape index (κ2) is 7.25. The molecule has 0 spiro atoms. The molecule has 7 heteroatoms. The number of benzene rings is 1. The molecule has 0 saturated carbocycles. The van der Waals surface area contributed by atoms with Gasteiger partial charge < -0.3 is 24.6 Å². The van der Waals surface area contributed by atoms with Gasteiger partial charge in [-0.2, -0.15) is 0 Å². The molecule has 0 aliphatic carbocycles. The smallest absolute Gasteiger partial charge is 0.322 e. The summed E-state index contributed by atoms with van der Waals surface area (Å²) in [6.45, 7) is 5.43. The van der Waals surface area contributed by atoms with E-state index in [2.05, 4.69) is 5.32 Å². The van der Waals surface area contributed by atoms with Gasteiger partial charge in [0.15, 0.2) is 0 Å². The zero-order chi connectivity index (χ0) is 18.1. The molecule has 2 bridgehead atoms. The quantitative estimate of drug-likeness (QED) is 0.868. The molecule has 0 unspecified atom stereocenters. The van der Waals surface area contributed by atoms with Crippen LogP contribution in [0.1, 0.15) is 12.0 Å². The van der Waals surface area contributed by atoms with Crippen molar-refractivity contribution in [2.45, 2.75) is 25.6 Å². The van der Waals surface area contributed by atoms with Gasteiger partial charge in [-0.1, -0.05) is 18.2 Å². The Balaban J connectivity index is 1.39. The van der Waals surface area contributed by atoms with Gasteiger partial charge in [-0.15, -0.1) is 0 Å². The number of nitrogens with zero attached hydrogens (tertiary/aromatic N) is 2. The van der Waals surface area contributed by atoms with Crippen molar-refractivity contribution in [1.29, 1.82) is 0 Å². The minimum absolute atomic E-state index is 0.0636. The number of nitrogens with one attached hydrogen (secondary N) is 1. The lowest BCUT2D eigenvalue weighted by molar-refractivity contribution is -0.142. The Kier molecular flexibility index (Phi) is 4.82. The summed E-state index contributed by atoms with van der Waals surface area (Å²) in [5.74, 6) is -0.0173. The van der Waals surface area contributed by atoms with E-state index in [1.165, 1.54) is 0 Å². The second-order valence-corrected chi connectivity index (χ2v) is 7.23. The summed E-state index contributed by atoms with van der Waals surface area (Å²) in [7, 11) is 0. The van der Waals surface area contributed by atoms with Crippen LogP contribution in [0.5, 0.6) is 0 Å². The molecule has 26 heavy (non-hydrogen) atoms. The largest absolute Gasteiger partial charge is 0.378 e. The van der Waals surface area contributed by atoms with E-state index in [4.69, 9.17) is 9.47 Å². The molecule has 140 valence electrons. The van der Waals surface area contributed by atoms with Crippen LogP contribution in [0.4, 0.5) is 10.5 Å². The lowest BCUT2D eigenvalue weighted by Gasteiger charge is -2.34. The molecular formula is C19H25N3O4. The molecule has 1 aromatic rings. The van der Waals surface area contributed by atoms with Crippen molar-refractivity contribution in [3.8, 4) is 0 Å². The number of hydrogen-bond donors (Lipinski definition) is 1. The molecule has 3 atom stereocenters. The molecule has 1 aromatic carbocycles. The average molecular weight is 359 g/mol. The predicted molar refractivity (Wildman–Crippen MR) is 95.9 cm³/mol. The van der Waals surface area contributed by atoms with Crippen LogP contribution >= 0.6 is 0 Å². The predicted octanol–water partition coefficient (Wildman–Crippen LogP) is 1.48. The summed E-state index contributed by atoms with van der Waals surface area (Å²) in [6.07, 6.45) is 0.410. The third kappa shape index (κ3) is 3.41. The number of likely N-dealkylation sites (tertiary alicyclic amines) is 1. The molecule has 7 nitrogen and oxygen atoms in total. The summed E-state index contributed by atoms with van der Waals surface area (Å²) in [4.78, 5) is 29.1. The van der Waals surface area contributed by atoms with Crippen LogP contribution in [0.15, 0.2) is 24.3 Å². The van der Waals surface area contributed by atoms with Gasteiger partial charge >= 0.3 is 6.03 Å². The van der Waals surface area contributed by atoms with Crippen molar-refractivity contribution in [2.24, 2.45) is 5.92 Å². The Morgan fingerprint density at radius 2 is 1.88 bits per heavy atom. The van der Waals surface area contributed by atoms with Gasteiger partial charge in [-0.25, -0.2) is 4.79 Å². The minimum atomic E-state index is -0.216. The van der Waals surface area contributed by atoms with Gasteiger partial charge in [0.05, 0.1) is 31.3 Å². The highest BCUT2D eigenvalue weighted by atomic mass is 16.5. The zero-order valence-electron chi connectivity index (χ0n) is 15.0. The zero-order valence-corrected chi connectivity index (χ0v) is 15.0. The van der Waals surface area contributed by atoms with Gasteiger partial charge in [-0.3, -0.25) is 4.79 Å². The Morgan fingerprint density at radius 3 is 2.65 bits per heavy atom. The van der Waals surface area contributed by atoms with Crippen molar-refractivity contribution in [3.05, 3.63) is 29.8 Å². The topological polar surface area (TPSA) is 71.1 Å². The molecule has 3 amide bonds. The summed E-state index contributed by atoms with van der Waals surface area (Å²) in [6, 6.07) is 7.59. The molecule has 0 radical (unpaired) electrons. The monoisotopic (exact) mass is 359 g/mol. The molecule has 3 saturated heterocycles. The van der Waals surface area contributed by atoms with Crippen LogP contribution in [0.2, 0.25) is 0 Å². The fourth-order valence-corrected chi connectivity index (χ4v) is 4.01. The Morgan fingerprint density at radius 1 is 1.12 bits per heavy atom. The second-order valence-electron chi connectivity index (χ2n) is 7.23. The minimum Gasteiger partial charge on any atom is -0.378 e. The van der Waals surface area contributed by atoms with Gasteiger partial charge in [0.25, 0.3) is 0 Å². The first-order valence-electron chi connectivity index (χ1n) is 9.25. The van der Waals surface area contributed by atoms with Crippen LogP contribution in [-0.2, 0) is 14.3 Å². The van der Waals surface area contributed by atoms with E-state index in [1.54, 1.807) is 4.90 Å². The molecule has 4 rings (SSSR count). The maximum atomic E-state index is 12.8. The fraction of sp³-hybridized carbons (Fsp3) is 0.579. The van der Waals surface area contributed by atoms with Crippen LogP contribution in [0.3, 0.4) is 0 Å². The number of ether oxygens (including phenoxy) is 2. The van der Waals surface area contributed by atoms with E-state index in [-0.39, 0.29) is 30.1 Å². The molecule has 3 aliphatic rings. The number of anilines is 1. The number of urea groups is 1. The van der Waals surface area contributed by atoms with E-state index in [9.17, 15) is 9.59 Å². The summed E-state index contributed by atoms with van der Waals surface area (Å²) in [5, 5.41) is 2.98. The number of fused-ring (bicyclic) bond motifs is 2. The van der Waals surface area contributed by atoms with Gasteiger partial charge in [0.2, 0.25) is 5.91 Å². The third-order valence-electron chi connectivity index (χ3n) is 5.47. The SMILES string of the molecule is Cc1ccccc1NC(=O)N1C[C@H]2C[C@H](C(=O)N3CCOCC3)[C@@H](C1)O2. The molecule has 0 aromatic heterocycles. The standard InChI is InChI=1S/C19H25N3O4/c1-13-4-2-3-5-16(13)20-19(24)22-11-14-10-15(17(12-22)26-14)18(23)21-6-8-25-9-7-21/h2-5,14-15,17H,6-12H2,1H3,(H,20,24)/t14-,15+,17-/m1/s1. The molecule has 3 aliphatic heterocycles. The number of para-hydroxylation sites is 1. The first kappa shape index (κ1) is 17.3. The Bertz CT molecular complexity index is 689. The van der Waals surface area contributed by atoms with Crippen molar-refractivity contribution < 1.29 is 19.1 Å². The number of amides is 3. The van der Waals surface area contributed by atoms with E-state index in [0.717, 1.165) is 11.3 Å². The normalized spacial score (nSPS) is 28.1. The lowest BCUT2D eigenvalue weighted by Crippen LogP contribution is -2.50. The Labute approximate surface area is 153 Å². The van der Waals surface area contributed by atoms with Crippen molar-refractivity contribution in [3.63, 3.8) is 0 Å². The first-order chi connectivity index (χ1) is 12.6. The van der Waals surface area contributed by atoms with Crippen LogP contribution < -0.4 is 5.32 Å². The summed E-state index contributed by atoms with van der Waals surface area (Å²) in [5.41, 5.74) is 1.84. The highest BCUT2D eigenvalue weighted by Crippen LogP contribution is 2.33. The van der Waals surface area contributed by atoms with Gasteiger partial charge in [0, 0.05) is 31.9 Å². The van der Waals surface area contributed by atoms with Crippen LogP contribution in [-0.4, -0.2) is 73.3 Å². The summed E-state index contributed by atoms with van der Waals surface area (Å²) < 4.78 is 11.3. The molecular weight excluding hydrogens is 334 g/mol. The number of hydrogen-bond acceptors (Lipinski definition) is 4. The first-order valence-corrected chi connectivity index (χ1v) is 9.25. The lowest BCUT2D eigenvalue weighted by atomic mass is 9.98. The average Bonchev–Trinajstić information content (AvgIpc) is 2.97. The fourth-order valence-electron chi connectivity index (χ4n) is 4.01. The van der Waals surface area contributed by atoms with Crippen molar-refractivity contribution in [1.82, 2.24) is 9.80 Å². The Hall–Kier alpha value is -2.12. The maximum Gasteiger partial charge on any atom is 0.322 e. The number of aryl methyl sites for hydroxylation is 1. The number of carbonyl (C=O) groups is 2. The number of rotatable bonds is 2. The molecule has 1 N–H and O–H groups in total. The van der Waals surface area contributed by atoms with Gasteiger partial charge in [-0.05, 0) is 25.0 Å². The van der Waals surface area contributed by atoms with Crippen LogP contribution in [0, 0.1) is 12.8 Å². The molecule has 3 heterocycles. The van der Waals surface area contributed by atoms with Crippen LogP contribution in [0.25, 0.3) is 0 Å². The van der Waals surface area contributed by atoms with Crippen molar-refractivity contribution >= 4 is 17.6 Å². The van der Waals surface area contributed by atoms with E-state index < -0.39 is 0 Å². The van der Waals surface area contributed by atoms with E-state index >= 15 is 0 Å². The third-order valence-corrected chi connectivity index (χ3v) is 5.47. The maximum absolute atomic E-state index is 12.8. The van der Waals surface area contributed by atoms with E-state index in [0.29, 0.717) is 45.8 Å². The highest BCUT2D eigenvalue weighted by Gasteiger charge is 2.47. The number of morpholine rings is 2. The van der Waals surface area contributed by atoms with Gasteiger partial charge in [0.1, 0.15) is 0 Å². The van der Waals surface area contributed by atoms with E-state index in [1.807, 2.05) is 36.1 Å². The number of carbonyl (C=O) groups excluding carboxylic acids is 2. The highest BCUT2D eigenvalue weighted by molar-refractivity contribution is 5.90. The van der Waals surface area contributed by atoms with Crippen molar-refractivity contribution in [2.75, 3.05) is 44.7 Å². The molecule has 3 fully saturated rings.